The molecule has 2 aliphatic heterocycles. The first-order valence-electron chi connectivity index (χ1n) is 7.12. The van der Waals surface area contributed by atoms with Crippen molar-refractivity contribution in [3.05, 3.63) is 53.6 Å². The number of hydrogen-bond donors (Lipinski definition) is 1. The number of anilines is 3. The fraction of sp³-hybridized carbons (Fsp3) is 0.235. The summed E-state index contributed by atoms with van der Waals surface area (Å²) in [7, 11) is 1.71. The van der Waals surface area contributed by atoms with Crippen LogP contribution in [-0.2, 0) is 11.2 Å². The number of rotatable bonds is 1. The molecule has 0 saturated heterocycles. The summed E-state index contributed by atoms with van der Waals surface area (Å²) in [4.78, 5) is 15.7. The number of benzene rings is 2. The molecule has 4 rings (SSSR count). The number of aliphatic hydroxyl groups excluding tert-OH is 1. The van der Waals surface area contributed by atoms with Crippen LogP contribution in [0.4, 0.5) is 17.1 Å². The summed E-state index contributed by atoms with van der Waals surface area (Å²) in [6.07, 6.45) is 0.00917. The van der Waals surface area contributed by atoms with Gasteiger partial charge in [-0.05, 0) is 30.2 Å². The zero-order valence-electron chi connectivity index (χ0n) is 11.8. The maximum absolute atomic E-state index is 11.9. The van der Waals surface area contributed by atoms with Crippen molar-refractivity contribution < 1.29 is 9.90 Å². The zero-order valence-corrected chi connectivity index (χ0v) is 11.8. The molecule has 0 bridgehead atoms. The van der Waals surface area contributed by atoms with Gasteiger partial charge < -0.3 is 14.9 Å². The monoisotopic (exact) mass is 280 g/mol. The number of carbonyl (C=O) groups excluding carboxylic acids is 1. The van der Waals surface area contributed by atoms with Crippen LogP contribution >= 0.6 is 0 Å². The fourth-order valence-electron chi connectivity index (χ4n) is 3.26. The summed E-state index contributed by atoms with van der Waals surface area (Å²) in [6.45, 7) is 0.943. The second-order valence-corrected chi connectivity index (χ2v) is 5.57. The molecule has 1 amide bonds. The Morgan fingerprint density at radius 3 is 2.81 bits per heavy atom. The fourth-order valence-corrected chi connectivity index (χ4v) is 3.26. The van der Waals surface area contributed by atoms with Gasteiger partial charge in [0.2, 0.25) is 0 Å². The van der Waals surface area contributed by atoms with Crippen molar-refractivity contribution >= 4 is 23.0 Å². The molecule has 0 fully saturated rings. The number of carbonyl (C=O) groups is 1. The molecule has 2 heterocycles. The van der Waals surface area contributed by atoms with Crippen molar-refractivity contribution in [1.82, 2.24) is 0 Å². The molecular formula is C17H16N2O2. The Morgan fingerprint density at radius 2 is 1.95 bits per heavy atom. The smallest absolute Gasteiger partial charge is 0.260 e. The van der Waals surface area contributed by atoms with Gasteiger partial charge in [0.05, 0.1) is 5.69 Å². The number of fused-ring (bicyclic) bond motifs is 2. The van der Waals surface area contributed by atoms with Crippen molar-refractivity contribution in [3.63, 3.8) is 0 Å². The standard InChI is InChI=1S/C17H16N2O2/c1-18-15-10-12(6-7-13(15)16(20)17(18)21)19-9-8-11-4-2-3-5-14(11)19/h2-7,10,16,20H,8-9H2,1H3. The van der Waals surface area contributed by atoms with E-state index in [4.69, 9.17) is 0 Å². The van der Waals surface area contributed by atoms with E-state index in [1.54, 1.807) is 7.05 Å². The van der Waals surface area contributed by atoms with Crippen LogP contribution in [0.15, 0.2) is 42.5 Å². The largest absolute Gasteiger partial charge is 0.378 e. The van der Waals surface area contributed by atoms with E-state index in [1.807, 2.05) is 24.3 Å². The Bertz CT molecular complexity index is 741. The summed E-state index contributed by atoms with van der Waals surface area (Å²) in [6, 6.07) is 14.2. The predicted molar refractivity (Wildman–Crippen MR) is 82.0 cm³/mol. The highest BCUT2D eigenvalue weighted by Crippen LogP contribution is 2.41. The number of nitrogens with zero attached hydrogens (tertiary/aromatic N) is 2. The van der Waals surface area contributed by atoms with Crippen LogP contribution in [0.25, 0.3) is 0 Å². The molecule has 106 valence electrons. The summed E-state index contributed by atoms with van der Waals surface area (Å²) < 4.78 is 0. The minimum atomic E-state index is -1.02. The predicted octanol–water partition coefficient (Wildman–Crippen LogP) is 2.39. The topological polar surface area (TPSA) is 43.8 Å². The van der Waals surface area contributed by atoms with Gasteiger partial charge in [-0.3, -0.25) is 4.79 Å². The van der Waals surface area contributed by atoms with Gasteiger partial charge in [0.25, 0.3) is 5.91 Å². The molecule has 21 heavy (non-hydrogen) atoms. The quantitative estimate of drug-likeness (QED) is 0.872. The summed E-state index contributed by atoms with van der Waals surface area (Å²) in [5, 5.41) is 9.93. The molecule has 0 saturated carbocycles. The van der Waals surface area contributed by atoms with Gasteiger partial charge in [-0.25, -0.2) is 0 Å². The van der Waals surface area contributed by atoms with Crippen LogP contribution < -0.4 is 9.80 Å². The third-order valence-corrected chi connectivity index (χ3v) is 4.43. The molecular weight excluding hydrogens is 264 g/mol. The van der Waals surface area contributed by atoms with E-state index < -0.39 is 6.10 Å². The zero-order chi connectivity index (χ0) is 14.6. The third kappa shape index (κ3) is 1.69. The molecule has 1 atom stereocenters. The summed E-state index contributed by atoms with van der Waals surface area (Å²) in [5.74, 6) is -0.260. The number of aliphatic hydroxyl groups is 1. The maximum Gasteiger partial charge on any atom is 0.260 e. The number of likely N-dealkylation sites (N-methyl/N-ethyl adjacent to an activating group) is 1. The molecule has 2 aromatic carbocycles. The van der Waals surface area contributed by atoms with Crippen LogP contribution in [0, 0.1) is 0 Å². The molecule has 4 nitrogen and oxygen atoms in total. The molecule has 4 heteroatoms. The van der Waals surface area contributed by atoms with E-state index in [-0.39, 0.29) is 5.91 Å². The van der Waals surface area contributed by atoms with Gasteiger partial charge in [0.15, 0.2) is 6.10 Å². The molecule has 1 N–H and O–H groups in total. The number of amides is 1. The lowest BCUT2D eigenvalue weighted by Crippen LogP contribution is -2.23. The first kappa shape index (κ1) is 12.4. The van der Waals surface area contributed by atoms with Crippen LogP contribution in [0.3, 0.4) is 0 Å². The molecule has 0 spiro atoms. The second-order valence-electron chi connectivity index (χ2n) is 5.57. The van der Waals surface area contributed by atoms with Gasteiger partial charge in [-0.1, -0.05) is 24.3 Å². The van der Waals surface area contributed by atoms with Gasteiger partial charge in [0.1, 0.15) is 0 Å². The van der Waals surface area contributed by atoms with Crippen LogP contribution in [-0.4, -0.2) is 24.6 Å². The van der Waals surface area contributed by atoms with E-state index >= 15 is 0 Å². The van der Waals surface area contributed by atoms with Crippen molar-refractivity contribution in [2.24, 2.45) is 0 Å². The number of para-hydroxylation sites is 1. The first-order chi connectivity index (χ1) is 10.2. The van der Waals surface area contributed by atoms with Crippen molar-refractivity contribution in [3.8, 4) is 0 Å². The van der Waals surface area contributed by atoms with E-state index in [0.717, 1.165) is 24.3 Å². The molecule has 2 aromatic rings. The lowest BCUT2D eigenvalue weighted by molar-refractivity contribution is -0.125. The van der Waals surface area contributed by atoms with E-state index in [2.05, 4.69) is 23.1 Å². The number of hydrogen-bond acceptors (Lipinski definition) is 3. The Hall–Kier alpha value is -2.33. The van der Waals surface area contributed by atoms with Gasteiger partial charge >= 0.3 is 0 Å². The van der Waals surface area contributed by atoms with E-state index in [0.29, 0.717) is 5.56 Å². The minimum absolute atomic E-state index is 0.260. The van der Waals surface area contributed by atoms with Crippen LogP contribution in [0.5, 0.6) is 0 Å². The SMILES string of the molecule is CN1C(=O)C(O)c2ccc(N3CCc4ccccc43)cc21. The Balaban J connectivity index is 1.78. The summed E-state index contributed by atoms with van der Waals surface area (Å²) >= 11 is 0. The third-order valence-electron chi connectivity index (χ3n) is 4.43. The highest BCUT2D eigenvalue weighted by atomic mass is 16.3. The lowest BCUT2D eigenvalue weighted by Gasteiger charge is -2.21. The molecule has 0 aromatic heterocycles. The Kier molecular flexibility index (Phi) is 2.56. The molecule has 0 radical (unpaired) electrons. The lowest BCUT2D eigenvalue weighted by atomic mass is 10.1. The average molecular weight is 280 g/mol. The maximum atomic E-state index is 11.9. The van der Waals surface area contributed by atoms with Crippen molar-refractivity contribution in [2.45, 2.75) is 12.5 Å². The highest BCUT2D eigenvalue weighted by molar-refractivity contribution is 6.04. The van der Waals surface area contributed by atoms with Crippen molar-refractivity contribution in [2.75, 3.05) is 23.4 Å². The normalized spacial score (nSPS) is 19.9. The average Bonchev–Trinajstić information content (AvgIpc) is 3.04. The van der Waals surface area contributed by atoms with Crippen LogP contribution in [0.1, 0.15) is 17.2 Å². The van der Waals surface area contributed by atoms with Gasteiger partial charge in [-0.2, -0.15) is 0 Å². The molecule has 2 aliphatic rings. The minimum Gasteiger partial charge on any atom is -0.378 e. The van der Waals surface area contributed by atoms with Gasteiger partial charge in [0, 0.05) is 30.5 Å². The first-order valence-corrected chi connectivity index (χ1v) is 7.12. The highest BCUT2D eigenvalue weighted by Gasteiger charge is 2.34. The van der Waals surface area contributed by atoms with Crippen LogP contribution in [0.2, 0.25) is 0 Å². The Morgan fingerprint density at radius 1 is 1.14 bits per heavy atom. The van der Waals surface area contributed by atoms with Gasteiger partial charge in [-0.15, -0.1) is 0 Å². The second kappa shape index (κ2) is 4.33. The molecule has 0 aliphatic carbocycles. The Labute approximate surface area is 123 Å². The molecule has 1 unspecified atom stereocenters. The van der Waals surface area contributed by atoms with E-state index in [1.165, 1.54) is 16.2 Å². The summed E-state index contributed by atoms with van der Waals surface area (Å²) in [5.41, 5.74) is 5.13. The van der Waals surface area contributed by atoms with E-state index in [9.17, 15) is 9.90 Å². The van der Waals surface area contributed by atoms with Crippen molar-refractivity contribution in [1.29, 1.82) is 0 Å².